The maximum Gasteiger partial charge on any atom is 0.309 e. The van der Waals surface area contributed by atoms with E-state index >= 15 is 0 Å². The molecule has 17 heavy (non-hydrogen) atoms. The van der Waals surface area contributed by atoms with Gasteiger partial charge >= 0.3 is 5.97 Å². The van der Waals surface area contributed by atoms with Gasteiger partial charge in [-0.3, -0.25) is 4.79 Å². The molecule has 1 saturated carbocycles. The largest absolute Gasteiger partial charge is 0.481 e. The predicted molar refractivity (Wildman–Crippen MR) is 58.9 cm³/mol. The molecule has 1 N–H and O–H groups in total. The van der Waals surface area contributed by atoms with E-state index in [1.807, 2.05) is 0 Å². The zero-order valence-electron chi connectivity index (χ0n) is 9.33. The van der Waals surface area contributed by atoms with Gasteiger partial charge in [0.1, 0.15) is 0 Å². The van der Waals surface area contributed by atoms with Gasteiger partial charge in [0.25, 0.3) is 5.92 Å². The molecule has 92 valence electrons. The van der Waals surface area contributed by atoms with Crippen LogP contribution in [0, 0.1) is 5.41 Å². The van der Waals surface area contributed by atoms with Gasteiger partial charge in [0.2, 0.25) is 0 Å². The first kappa shape index (κ1) is 12.0. The van der Waals surface area contributed by atoms with Crippen LogP contribution in [0.2, 0.25) is 0 Å². The molecule has 0 aliphatic heterocycles. The summed E-state index contributed by atoms with van der Waals surface area (Å²) in [5.74, 6) is -4.17. The lowest BCUT2D eigenvalue weighted by atomic mass is 9.65. The number of hydrogen-bond donors (Lipinski definition) is 1. The monoisotopic (exact) mass is 240 g/mol. The molecule has 4 heteroatoms. The number of alkyl halides is 2. The minimum absolute atomic E-state index is 0.104. The Bertz CT molecular complexity index is 411. The summed E-state index contributed by atoms with van der Waals surface area (Å²) >= 11 is 0. The summed E-state index contributed by atoms with van der Waals surface area (Å²) < 4.78 is 27.9. The van der Waals surface area contributed by atoms with Crippen LogP contribution in [-0.2, 0) is 10.7 Å². The summed E-state index contributed by atoms with van der Waals surface area (Å²) in [6.45, 7) is 0. The van der Waals surface area contributed by atoms with Crippen molar-refractivity contribution in [2.45, 2.75) is 31.6 Å². The Hall–Kier alpha value is -1.45. The van der Waals surface area contributed by atoms with E-state index in [9.17, 15) is 13.6 Å². The molecule has 0 heterocycles. The summed E-state index contributed by atoms with van der Waals surface area (Å²) in [6, 6.07) is 7.42. The average Bonchev–Trinajstić information content (AvgIpc) is 2.24. The third-order valence-corrected chi connectivity index (χ3v) is 3.52. The standard InChI is InChI=1S/C13H14F2O2/c14-13(15,10-5-2-1-3-6-10)9-12(11(16)17)7-4-8-12/h1-3,5-6H,4,7-9H2,(H,16,17). The Morgan fingerprint density at radius 1 is 1.29 bits per heavy atom. The van der Waals surface area contributed by atoms with Crippen molar-refractivity contribution in [3.05, 3.63) is 35.9 Å². The zero-order valence-corrected chi connectivity index (χ0v) is 9.33. The number of aliphatic carboxylic acids is 1. The molecule has 2 nitrogen and oxygen atoms in total. The van der Waals surface area contributed by atoms with Crippen LogP contribution in [-0.4, -0.2) is 11.1 Å². The Labute approximate surface area is 98.3 Å². The smallest absolute Gasteiger partial charge is 0.309 e. The van der Waals surface area contributed by atoms with Crippen molar-refractivity contribution in [3.8, 4) is 0 Å². The third kappa shape index (κ3) is 2.16. The molecule has 1 aromatic rings. The third-order valence-electron chi connectivity index (χ3n) is 3.52. The van der Waals surface area contributed by atoms with Crippen molar-refractivity contribution in [1.29, 1.82) is 0 Å². The highest BCUT2D eigenvalue weighted by Crippen LogP contribution is 2.51. The summed E-state index contributed by atoms with van der Waals surface area (Å²) in [4.78, 5) is 11.1. The molecule has 0 aromatic heterocycles. The number of benzene rings is 1. The average molecular weight is 240 g/mol. The van der Waals surface area contributed by atoms with E-state index in [2.05, 4.69) is 0 Å². The van der Waals surface area contributed by atoms with Crippen LogP contribution in [0.3, 0.4) is 0 Å². The molecule has 0 amide bonds. The second kappa shape index (κ2) is 4.09. The van der Waals surface area contributed by atoms with E-state index in [1.165, 1.54) is 24.3 Å². The summed E-state index contributed by atoms with van der Waals surface area (Å²) in [5, 5.41) is 9.06. The van der Waals surface area contributed by atoms with E-state index in [0.717, 1.165) is 6.42 Å². The van der Waals surface area contributed by atoms with E-state index in [0.29, 0.717) is 12.8 Å². The van der Waals surface area contributed by atoms with Crippen LogP contribution in [0.5, 0.6) is 0 Å². The highest BCUT2D eigenvalue weighted by molar-refractivity contribution is 5.75. The number of carboxylic acids is 1. The van der Waals surface area contributed by atoms with Gasteiger partial charge in [-0.2, -0.15) is 0 Å². The van der Waals surface area contributed by atoms with Gasteiger partial charge < -0.3 is 5.11 Å². The summed E-state index contributed by atoms with van der Waals surface area (Å²) in [7, 11) is 0. The first-order chi connectivity index (χ1) is 7.96. The van der Waals surface area contributed by atoms with Crippen LogP contribution in [0.4, 0.5) is 8.78 Å². The highest BCUT2D eigenvalue weighted by Gasteiger charge is 2.51. The van der Waals surface area contributed by atoms with Crippen LogP contribution >= 0.6 is 0 Å². The number of carboxylic acid groups (broad SMARTS) is 1. The second-order valence-corrected chi connectivity index (χ2v) is 4.69. The van der Waals surface area contributed by atoms with Gasteiger partial charge in [-0.05, 0) is 12.8 Å². The maximum atomic E-state index is 14.0. The first-order valence-electron chi connectivity index (χ1n) is 5.63. The Kier molecular flexibility index (Phi) is 2.89. The van der Waals surface area contributed by atoms with Crippen molar-refractivity contribution in [3.63, 3.8) is 0 Å². The zero-order chi connectivity index (χ0) is 12.5. The van der Waals surface area contributed by atoms with Crippen molar-refractivity contribution in [2.75, 3.05) is 0 Å². The molecule has 0 saturated heterocycles. The number of halogens is 2. The minimum Gasteiger partial charge on any atom is -0.481 e. The minimum atomic E-state index is -3.07. The molecule has 0 unspecified atom stereocenters. The van der Waals surface area contributed by atoms with Crippen LogP contribution < -0.4 is 0 Å². The van der Waals surface area contributed by atoms with Gasteiger partial charge in [0.05, 0.1) is 5.41 Å². The SMILES string of the molecule is O=C(O)C1(CC(F)(F)c2ccccc2)CCC1. The fourth-order valence-electron chi connectivity index (χ4n) is 2.28. The molecule has 1 aliphatic carbocycles. The predicted octanol–water partition coefficient (Wildman–Crippen LogP) is 3.42. The van der Waals surface area contributed by atoms with E-state index < -0.39 is 23.7 Å². The van der Waals surface area contributed by atoms with Gasteiger partial charge in [-0.25, -0.2) is 8.78 Å². The number of carbonyl (C=O) groups is 1. The lowest BCUT2D eigenvalue weighted by Gasteiger charge is -2.40. The number of rotatable bonds is 4. The topological polar surface area (TPSA) is 37.3 Å². The lowest BCUT2D eigenvalue weighted by Crippen LogP contribution is -2.42. The Morgan fingerprint density at radius 3 is 2.29 bits per heavy atom. The lowest BCUT2D eigenvalue weighted by molar-refractivity contribution is -0.164. The normalized spacial score (nSPS) is 18.5. The van der Waals surface area contributed by atoms with Crippen molar-refractivity contribution >= 4 is 5.97 Å². The van der Waals surface area contributed by atoms with Crippen molar-refractivity contribution in [1.82, 2.24) is 0 Å². The molecular weight excluding hydrogens is 226 g/mol. The second-order valence-electron chi connectivity index (χ2n) is 4.69. The molecule has 0 bridgehead atoms. The first-order valence-corrected chi connectivity index (χ1v) is 5.63. The molecule has 1 aliphatic rings. The molecule has 2 rings (SSSR count). The van der Waals surface area contributed by atoms with Crippen LogP contribution in [0.25, 0.3) is 0 Å². The fourth-order valence-corrected chi connectivity index (χ4v) is 2.28. The summed E-state index contributed by atoms with van der Waals surface area (Å²) in [5.41, 5.74) is -1.33. The fraction of sp³-hybridized carbons (Fsp3) is 0.462. The summed E-state index contributed by atoms with van der Waals surface area (Å²) in [6.07, 6.45) is 0.825. The van der Waals surface area contributed by atoms with E-state index in [1.54, 1.807) is 6.07 Å². The molecule has 0 radical (unpaired) electrons. The quantitative estimate of drug-likeness (QED) is 0.875. The van der Waals surface area contributed by atoms with Gasteiger partial charge in [-0.1, -0.05) is 36.8 Å². The van der Waals surface area contributed by atoms with Gasteiger partial charge in [0, 0.05) is 12.0 Å². The Balaban J connectivity index is 2.20. The van der Waals surface area contributed by atoms with Crippen molar-refractivity contribution in [2.24, 2.45) is 5.41 Å². The Morgan fingerprint density at radius 2 is 1.88 bits per heavy atom. The molecule has 1 aromatic carbocycles. The molecular formula is C13H14F2O2. The van der Waals surface area contributed by atoms with Crippen LogP contribution in [0.15, 0.2) is 30.3 Å². The van der Waals surface area contributed by atoms with Gasteiger partial charge in [-0.15, -0.1) is 0 Å². The molecule has 1 fully saturated rings. The number of hydrogen-bond acceptors (Lipinski definition) is 1. The van der Waals surface area contributed by atoms with E-state index in [4.69, 9.17) is 5.11 Å². The molecule has 0 spiro atoms. The van der Waals surface area contributed by atoms with Gasteiger partial charge in [0.15, 0.2) is 0 Å². The highest BCUT2D eigenvalue weighted by atomic mass is 19.3. The maximum absolute atomic E-state index is 14.0. The molecule has 0 atom stereocenters. The van der Waals surface area contributed by atoms with E-state index in [-0.39, 0.29) is 5.56 Å². The van der Waals surface area contributed by atoms with Crippen LogP contribution in [0.1, 0.15) is 31.2 Å². The van der Waals surface area contributed by atoms with Crippen molar-refractivity contribution < 1.29 is 18.7 Å².